The maximum absolute atomic E-state index is 12.4. The summed E-state index contributed by atoms with van der Waals surface area (Å²) < 4.78 is 0.765. The molecule has 0 spiro atoms. The summed E-state index contributed by atoms with van der Waals surface area (Å²) in [6.07, 6.45) is 0.943. The zero-order valence-electron chi connectivity index (χ0n) is 10.00. The van der Waals surface area contributed by atoms with Gasteiger partial charge in [0, 0.05) is 22.6 Å². The summed E-state index contributed by atoms with van der Waals surface area (Å²) in [7, 11) is 0. The molecule has 0 saturated carbocycles. The Morgan fingerprint density at radius 3 is 2.89 bits per heavy atom. The molecule has 98 valence electrons. The molecule has 1 aromatic carbocycles. The van der Waals surface area contributed by atoms with Crippen LogP contribution in [0.4, 0.5) is 0 Å². The summed E-state index contributed by atoms with van der Waals surface area (Å²) in [5.74, 6) is 0.445. The fourth-order valence-corrected chi connectivity index (χ4v) is 2.92. The van der Waals surface area contributed by atoms with E-state index in [4.69, 9.17) is 23.2 Å². The van der Waals surface area contributed by atoms with Crippen molar-refractivity contribution in [2.75, 3.05) is 13.1 Å². The number of carbonyl (C=O) groups excluding carboxylic acids is 1. The van der Waals surface area contributed by atoms with Crippen LogP contribution in [0.25, 0.3) is 0 Å². The van der Waals surface area contributed by atoms with E-state index in [1.807, 2.05) is 0 Å². The van der Waals surface area contributed by atoms with Crippen molar-refractivity contribution in [3.05, 3.63) is 33.3 Å². The van der Waals surface area contributed by atoms with Crippen LogP contribution in [0, 0.1) is 5.92 Å². The third kappa shape index (κ3) is 3.01. The number of nitrogens with zero attached hydrogens (tertiary/aromatic N) is 1. The lowest BCUT2D eigenvalue weighted by atomic mass is 9.98. The van der Waals surface area contributed by atoms with Crippen molar-refractivity contribution >= 4 is 45.0 Å². The van der Waals surface area contributed by atoms with Crippen LogP contribution in [0.3, 0.4) is 0 Å². The molecule has 1 aromatic rings. The second-order valence-corrected chi connectivity index (χ2v) is 6.51. The van der Waals surface area contributed by atoms with Gasteiger partial charge >= 0.3 is 0 Å². The van der Waals surface area contributed by atoms with Crippen LogP contribution in [-0.2, 0) is 0 Å². The minimum atomic E-state index is -0.0121. The predicted molar refractivity (Wildman–Crippen MR) is 78.5 cm³/mol. The highest BCUT2D eigenvalue weighted by Gasteiger charge is 2.28. The highest BCUT2D eigenvalue weighted by molar-refractivity contribution is 9.10. The predicted octanol–water partition coefficient (Wildman–Crippen LogP) is 4.19. The first-order valence-corrected chi connectivity index (χ1v) is 7.48. The largest absolute Gasteiger partial charge is 0.337 e. The average molecular weight is 351 g/mol. The molecule has 18 heavy (non-hydrogen) atoms. The molecular weight excluding hydrogens is 337 g/mol. The fraction of sp³-hybridized carbons (Fsp3) is 0.462. The van der Waals surface area contributed by atoms with Gasteiger partial charge in [-0.2, -0.15) is 0 Å². The van der Waals surface area contributed by atoms with Crippen LogP contribution < -0.4 is 0 Å². The molecule has 1 saturated heterocycles. The minimum Gasteiger partial charge on any atom is -0.337 e. The van der Waals surface area contributed by atoms with Gasteiger partial charge in [-0.3, -0.25) is 4.79 Å². The third-order valence-corrected chi connectivity index (χ3v) is 4.81. The summed E-state index contributed by atoms with van der Waals surface area (Å²) in [4.78, 5) is 14.2. The molecule has 2 nitrogen and oxygen atoms in total. The van der Waals surface area contributed by atoms with Crippen molar-refractivity contribution in [3.8, 4) is 0 Å². The smallest absolute Gasteiger partial charge is 0.255 e. The van der Waals surface area contributed by atoms with Crippen LogP contribution in [-0.4, -0.2) is 29.3 Å². The van der Waals surface area contributed by atoms with Crippen molar-refractivity contribution < 1.29 is 4.79 Å². The quantitative estimate of drug-likeness (QED) is 0.695. The standard InChI is InChI=1S/C13H14BrCl2NO/c1-8-4-5-17(7-12(8)16)13(18)10-6-9(15)2-3-11(10)14/h2-3,6,8,12H,4-5,7H2,1H3. The number of piperidine rings is 1. The molecule has 0 bridgehead atoms. The molecule has 1 fully saturated rings. The van der Waals surface area contributed by atoms with Gasteiger partial charge in [0.25, 0.3) is 5.91 Å². The number of alkyl halides is 1. The lowest BCUT2D eigenvalue weighted by molar-refractivity contribution is 0.0700. The van der Waals surface area contributed by atoms with E-state index in [-0.39, 0.29) is 11.3 Å². The maximum Gasteiger partial charge on any atom is 0.255 e. The van der Waals surface area contributed by atoms with Crippen molar-refractivity contribution in [1.82, 2.24) is 4.90 Å². The molecular formula is C13H14BrCl2NO. The van der Waals surface area contributed by atoms with Crippen LogP contribution in [0.5, 0.6) is 0 Å². The van der Waals surface area contributed by atoms with Gasteiger partial charge in [-0.25, -0.2) is 0 Å². The molecule has 0 aromatic heterocycles. The first kappa shape index (κ1) is 14.2. The summed E-state index contributed by atoms with van der Waals surface area (Å²) in [6, 6.07) is 5.24. The molecule has 5 heteroatoms. The van der Waals surface area contributed by atoms with Gasteiger partial charge in [0.15, 0.2) is 0 Å². The highest BCUT2D eigenvalue weighted by Crippen LogP contribution is 2.26. The second kappa shape index (κ2) is 5.81. The Morgan fingerprint density at radius 1 is 1.50 bits per heavy atom. The van der Waals surface area contributed by atoms with Crippen molar-refractivity contribution in [1.29, 1.82) is 0 Å². The van der Waals surface area contributed by atoms with Gasteiger partial charge < -0.3 is 4.90 Å². The van der Waals surface area contributed by atoms with Gasteiger partial charge in [0.05, 0.1) is 10.9 Å². The Bertz CT molecular complexity index is 466. The van der Waals surface area contributed by atoms with Crippen LogP contribution in [0.2, 0.25) is 5.02 Å². The van der Waals surface area contributed by atoms with Gasteiger partial charge in [-0.1, -0.05) is 18.5 Å². The number of benzene rings is 1. The molecule has 0 N–H and O–H groups in total. The molecule has 0 radical (unpaired) electrons. The van der Waals surface area contributed by atoms with Gasteiger partial charge in [0.2, 0.25) is 0 Å². The summed E-state index contributed by atoms with van der Waals surface area (Å²) >= 11 is 15.6. The van der Waals surface area contributed by atoms with E-state index in [9.17, 15) is 4.79 Å². The fourth-order valence-electron chi connectivity index (χ4n) is 2.04. The lowest BCUT2D eigenvalue weighted by Crippen LogP contribution is -2.43. The van der Waals surface area contributed by atoms with E-state index in [2.05, 4.69) is 22.9 Å². The van der Waals surface area contributed by atoms with E-state index in [1.165, 1.54) is 0 Å². The summed E-state index contributed by atoms with van der Waals surface area (Å²) in [5.41, 5.74) is 0.598. The van der Waals surface area contributed by atoms with E-state index in [1.54, 1.807) is 23.1 Å². The Balaban J connectivity index is 2.19. The molecule has 1 aliphatic heterocycles. The number of carbonyl (C=O) groups is 1. The molecule has 1 amide bonds. The summed E-state index contributed by atoms with van der Waals surface area (Å²) in [6.45, 7) is 3.47. The molecule has 0 aliphatic carbocycles. The van der Waals surface area contributed by atoms with E-state index < -0.39 is 0 Å². The first-order chi connectivity index (χ1) is 8.49. The number of amides is 1. The Kier molecular flexibility index (Phi) is 4.57. The van der Waals surface area contributed by atoms with E-state index in [0.29, 0.717) is 23.0 Å². The minimum absolute atomic E-state index is 0.0121. The monoisotopic (exact) mass is 349 g/mol. The second-order valence-electron chi connectivity index (χ2n) is 4.66. The molecule has 1 aliphatic rings. The lowest BCUT2D eigenvalue weighted by Gasteiger charge is -2.34. The van der Waals surface area contributed by atoms with Crippen LogP contribution in [0.15, 0.2) is 22.7 Å². The zero-order valence-corrected chi connectivity index (χ0v) is 13.1. The highest BCUT2D eigenvalue weighted by atomic mass is 79.9. The number of hydrogen-bond acceptors (Lipinski definition) is 1. The summed E-state index contributed by atoms with van der Waals surface area (Å²) in [5, 5.41) is 0.593. The van der Waals surface area contributed by atoms with Crippen molar-refractivity contribution in [3.63, 3.8) is 0 Å². The Hall–Kier alpha value is -0.250. The van der Waals surface area contributed by atoms with Gasteiger partial charge in [-0.15, -0.1) is 11.6 Å². The molecule has 2 rings (SSSR count). The molecule has 1 heterocycles. The Labute approximate surface area is 125 Å². The van der Waals surface area contributed by atoms with Crippen molar-refractivity contribution in [2.45, 2.75) is 18.7 Å². The van der Waals surface area contributed by atoms with E-state index >= 15 is 0 Å². The Morgan fingerprint density at radius 2 is 2.22 bits per heavy atom. The number of rotatable bonds is 1. The maximum atomic E-state index is 12.4. The van der Waals surface area contributed by atoms with Crippen LogP contribution in [0.1, 0.15) is 23.7 Å². The van der Waals surface area contributed by atoms with Crippen molar-refractivity contribution in [2.24, 2.45) is 5.92 Å². The van der Waals surface area contributed by atoms with E-state index in [0.717, 1.165) is 17.4 Å². The normalized spacial score (nSPS) is 24.1. The topological polar surface area (TPSA) is 20.3 Å². The third-order valence-electron chi connectivity index (χ3n) is 3.31. The SMILES string of the molecule is CC1CCN(C(=O)c2cc(Cl)ccc2Br)CC1Cl. The zero-order chi connectivity index (χ0) is 13.3. The number of hydrogen-bond donors (Lipinski definition) is 0. The average Bonchev–Trinajstić information content (AvgIpc) is 2.35. The van der Waals surface area contributed by atoms with Crippen LogP contribution >= 0.6 is 39.1 Å². The molecule has 2 atom stereocenters. The molecule has 2 unspecified atom stereocenters. The first-order valence-electron chi connectivity index (χ1n) is 5.87. The number of halogens is 3. The van der Waals surface area contributed by atoms with Gasteiger partial charge in [-0.05, 0) is 46.5 Å². The van der Waals surface area contributed by atoms with Gasteiger partial charge in [0.1, 0.15) is 0 Å². The number of likely N-dealkylation sites (tertiary alicyclic amines) is 1.